The third kappa shape index (κ3) is 4.17. The van der Waals surface area contributed by atoms with Crippen molar-refractivity contribution in [1.29, 1.82) is 0 Å². The standard InChI is InChI=1S/C17H25F3N6O2S/c1-25-16-11(10-21-25)3-2-4-13(16)24-29(27,28)12-5-7-26(8-6-12)15-9-14(22-23-15)17(18,19)20/h2-4,12,14-15,21-24H,5-10H2,1H3. The van der Waals surface area contributed by atoms with Crippen molar-refractivity contribution in [3.8, 4) is 0 Å². The van der Waals surface area contributed by atoms with Crippen LogP contribution in [0.25, 0.3) is 0 Å². The van der Waals surface area contributed by atoms with Crippen molar-refractivity contribution in [2.24, 2.45) is 0 Å². The highest BCUT2D eigenvalue weighted by Crippen LogP contribution is 2.34. The van der Waals surface area contributed by atoms with E-state index in [1.807, 2.05) is 24.1 Å². The molecule has 3 aliphatic rings. The molecule has 12 heteroatoms. The summed E-state index contributed by atoms with van der Waals surface area (Å²) >= 11 is 0. The maximum absolute atomic E-state index is 12.9. The molecule has 0 aromatic heterocycles. The van der Waals surface area contributed by atoms with Crippen molar-refractivity contribution in [1.82, 2.24) is 21.2 Å². The molecule has 0 spiro atoms. The molecule has 0 saturated carbocycles. The van der Waals surface area contributed by atoms with Gasteiger partial charge in [-0.3, -0.25) is 9.62 Å². The van der Waals surface area contributed by atoms with Crippen molar-refractivity contribution in [2.75, 3.05) is 29.9 Å². The molecule has 0 radical (unpaired) electrons. The Balaban J connectivity index is 1.37. The number of fused-ring (bicyclic) bond motifs is 1. The summed E-state index contributed by atoms with van der Waals surface area (Å²) in [6.07, 6.45) is -4.10. The average Bonchev–Trinajstić information content (AvgIpc) is 3.30. The number of hydrogen-bond donors (Lipinski definition) is 4. The van der Waals surface area contributed by atoms with E-state index < -0.39 is 33.7 Å². The predicted molar refractivity (Wildman–Crippen MR) is 103 cm³/mol. The van der Waals surface area contributed by atoms with Crippen LogP contribution in [0.15, 0.2) is 18.2 Å². The van der Waals surface area contributed by atoms with Gasteiger partial charge in [-0.2, -0.15) is 13.2 Å². The molecule has 0 bridgehead atoms. The Hall–Kier alpha value is -1.60. The average molecular weight is 434 g/mol. The van der Waals surface area contributed by atoms with Crippen LogP contribution in [0.2, 0.25) is 0 Å². The molecule has 2 unspecified atom stereocenters. The van der Waals surface area contributed by atoms with Crippen LogP contribution in [-0.2, 0) is 16.6 Å². The van der Waals surface area contributed by atoms with Crippen molar-refractivity contribution in [2.45, 2.75) is 49.4 Å². The van der Waals surface area contributed by atoms with Crippen molar-refractivity contribution < 1.29 is 21.6 Å². The lowest BCUT2D eigenvalue weighted by molar-refractivity contribution is -0.153. The number of nitrogens with one attached hydrogen (secondary N) is 4. The van der Waals surface area contributed by atoms with Crippen LogP contribution < -0.4 is 26.0 Å². The number of hydrogen-bond acceptors (Lipinski definition) is 7. The number of alkyl halides is 3. The van der Waals surface area contributed by atoms with Crippen LogP contribution >= 0.6 is 0 Å². The summed E-state index contributed by atoms with van der Waals surface area (Å²) in [5.41, 5.74) is 10.5. The fourth-order valence-electron chi connectivity index (χ4n) is 4.22. The van der Waals surface area contributed by atoms with E-state index >= 15 is 0 Å². The molecule has 0 amide bonds. The summed E-state index contributed by atoms with van der Waals surface area (Å²) in [6.45, 7) is 1.48. The first-order valence-electron chi connectivity index (χ1n) is 9.58. The minimum atomic E-state index is -4.30. The van der Waals surface area contributed by atoms with E-state index in [1.54, 1.807) is 11.1 Å². The number of halogens is 3. The number of likely N-dealkylation sites (tertiary alicyclic amines) is 1. The van der Waals surface area contributed by atoms with Gasteiger partial charge in [0, 0.05) is 33.1 Å². The summed E-state index contributed by atoms with van der Waals surface area (Å²) < 4.78 is 67.1. The quantitative estimate of drug-likeness (QED) is 0.565. The molecule has 3 heterocycles. The third-order valence-electron chi connectivity index (χ3n) is 5.85. The van der Waals surface area contributed by atoms with Gasteiger partial charge in [0.1, 0.15) is 6.04 Å². The van der Waals surface area contributed by atoms with Gasteiger partial charge < -0.3 is 5.01 Å². The Morgan fingerprint density at radius 3 is 2.55 bits per heavy atom. The van der Waals surface area contributed by atoms with Crippen molar-refractivity contribution in [3.05, 3.63) is 23.8 Å². The third-order valence-corrected chi connectivity index (χ3v) is 7.70. The van der Waals surface area contributed by atoms with Crippen LogP contribution in [0, 0.1) is 0 Å². The Morgan fingerprint density at radius 2 is 1.90 bits per heavy atom. The first kappa shape index (κ1) is 20.7. The normalized spacial score (nSPS) is 26.7. The topological polar surface area (TPSA) is 88.7 Å². The smallest absolute Gasteiger partial charge is 0.309 e. The molecule has 162 valence electrons. The first-order chi connectivity index (χ1) is 13.6. The number of piperidine rings is 1. The molecule has 2 saturated heterocycles. The first-order valence-corrected chi connectivity index (χ1v) is 11.1. The molecule has 29 heavy (non-hydrogen) atoms. The second kappa shape index (κ2) is 7.58. The van der Waals surface area contributed by atoms with E-state index in [2.05, 4.69) is 21.0 Å². The zero-order valence-electron chi connectivity index (χ0n) is 16.0. The lowest BCUT2D eigenvalue weighted by atomic mass is 10.1. The summed E-state index contributed by atoms with van der Waals surface area (Å²) in [7, 11) is -1.78. The van der Waals surface area contributed by atoms with Gasteiger partial charge in [0.05, 0.1) is 22.8 Å². The lowest BCUT2D eigenvalue weighted by Crippen LogP contribution is -2.50. The molecule has 1 aromatic carbocycles. The molecular weight excluding hydrogens is 409 g/mol. The van der Waals surface area contributed by atoms with Gasteiger partial charge in [-0.1, -0.05) is 12.1 Å². The van der Waals surface area contributed by atoms with Crippen LogP contribution in [0.1, 0.15) is 24.8 Å². The summed E-state index contributed by atoms with van der Waals surface area (Å²) in [5, 5.41) is 1.22. The highest BCUT2D eigenvalue weighted by Gasteiger charge is 2.46. The monoisotopic (exact) mass is 434 g/mol. The fourth-order valence-corrected chi connectivity index (χ4v) is 5.69. The Bertz CT molecular complexity index is 857. The zero-order chi connectivity index (χ0) is 20.8. The molecule has 1 aromatic rings. The minimum absolute atomic E-state index is 0.0886. The largest absolute Gasteiger partial charge is 0.405 e. The Morgan fingerprint density at radius 1 is 1.17 bits per heavy atom. The maximum Gasteiger partial charge on any atom is 0.405 e. The molecule has 4 rings (SSSR count). The summed E-state index contributed by atoms with van der Waals surface area (Å²) in [4.78, 5) is 1.88. The van der Waals surface area contributed by atoms with Gasteiger partial charge in [-0.05, 0) is 24.5 Å². The molecule has 3 aliphatic heterocycles. The molecular formula is C17H25F3N6O2S. The van der Waals surface area contributed by atoms with E-state index in [0.29, 0.717) is 38.2 Å². The molecule has 8 nitrogen and oxygen atoms in total. The van der Waals surface area contributed by atoms with Crippen LogP contribution in [0.5, 0.6) is 0 Å². The second-order valence-corrected chi connectivity index (χ2v) is 9.68. The van der Waals surface area contributed by atoms with E-state index in [9.17, 15) is 21.6 Å². The van der Waals surface area contributed by atoms with Crippen LogP contribution in [0.4, 0.5) is 24.5 Å². The number of hydrazine groups is 2. The Kier molecular flexibility index (Phi) is 5.40. The fraction of sp³-hybridized carbons (Fsp3) is 0.647. The zero-order valence-corrected chi connectivity index (χ0v) is 16.8. The van der Waals surface area contributed by atoms with E-state index in [4.69, 9.17) is 0 Å². The predicted octanol–water partition coefficient (Wildman–Crippen LogP) is 1.10. The van der Waals surface area contributed by atoms with Crippen molar-refractivity contribution >= 4 is 21.4 Å². The van der Waals surface area contributed by atoms with Gasteiger partial charge in [0.25, 0.3) is 0 Å². The maximum atomic E-state index is 12.9. The molecule has 0 aliphatic carbocycles. The number of anilines is 2. The lowest BCUT2D eigenvalue weighted by Gasteiger charge is -2.35. The number of nitrogens with zero attached hydrogens (tertiary/aromatic N) is 2. The van der Waals surface area contributed by atoms with Crippen LogP contribution in [0.3, 0.4) is 0 Å². The van der Waals surface area contributed by atoms with Crippen molar-refractivity contribution in [3.63, 3.8) is 0 Å². The van der Waals surface area contributed by atoms with E-state index in [1.165, 1.54) is 0 Å². The Labute approximate surface area is 167 Å². The highest BCUT2D eigenvalue weighted by atomic mass is 32.2. The minimum Gasteiger partial charge on any atom is -0.309 e. The number of sulfonamides is 1. The number of rotatable bonds is 4. The molecule has 4 N–H and O–H groups in total. The van der Waals surface area contributed by atoms with Gasteiger partial charge >= 0.3 is 6.18 Å². The SMILES string of the molecule is CN1NCc2cccc(NS(=O)(=O)C3CCN(C4CC(C(F)(F)F)NN4)CC3)c21. The van der Waals surface area contributed by atoms with Gasteiger partial charge in [-0.25, -0.2) is 24.7 Å². The highest BCUT2D eigenvalue weighted by molar-refractivity contribution is 7.93. The number of benzene rings is 1. The van der Waals surface area contributed by atoms with Crippen LogP contribution in [-0.4, -0.2) is 57.1 Å². The summed E-state index contributed by atoms with van der Waals surface area (Å²) in [6, 6.07) is 3.91. The van der Waals surface area contributed by atoms with E-state index in [-0.39, 0.29) is 6.42 Å². The van der Waals surface area contributed by atoms with Gasteiger partial charge in [0.2, 0.25) is 10.0 Å². The number of para-hydroxylation sites is 1. The summed E-state index contributed by atoms with van der Waals surface area (Å²) in [5.74, 6) is 0. The van der Waals surface area contributed by atoms with Gasteiger partial charge in [-0.15, -0.1) is 0 Å². The molecule has 2 atom stereocenters. The van der Waals surface area contributed by atoms with Gasteiger partial charge in [0.15, 0.2) is 0 Å². The second-order valence-electron chi connectivity index (χ2n) is 7.72. The molecule has 2 fully saturated rings. The van der Waals surface area contributed by atoms with E-state index in [0.717, 1.165) is 11.3 Å².